The van der Waals surface area contributed by atoms with Crippen LogP contribution in [-0.4, -0.2) is 12.5 Å². The summed E-state index contributed by atoms with van der Waals surface area (Å²) in [5.41, 5.74) is 4.20. The smallest absolute Gasteiger partial charge is 0.244 e. The van der Waals surface area contributed by atoms with Crippen molar-refractivity contribution in [3.63, 3.8) is 0 Å². The lowest BCUT2D eigenvalue weighted by Crippen LogP contribution is -2.29. The Morgan fingerprint density at radius 1 is 0.960 bits per heavy atom. The normalized spacial score (nSPS) is 12.3. The minimum absolute atomic E-state index is 0.0352. The molecule has 124 valence electrons. The summed E-state index contributed by atoms with van der Waals surface area (Å²) in [6, 6.07) is 24.0. The lowest BCUT2D eigenvalue weighted by molar-refractivity contribution is -0.114. The van der Waals surface area contributed by atoms with Gasteiger partial charge >= 0.3 is 0 Å². The fraction of sp³-hybridized carbons (Fsp3) is 0.0500. The van der Waals surface area contributed by atoms with Crippen LogP contribution in [0.5, 0.6) is 0 Å². The molecule has 5 heteroatoms. The van der Waals surface area contributed by atoms with Crippen molar-refractivity contribution in [1.82, 2.24) is 0 Å². The van der Waals surface area contributed by atoms with Crippen LogP contribution in [0.1, 0.15) is 0 Å². The van der Waals surface area contributed by atoms with Crippen LogP contribution in [0.2, 0.25) is 0 Å². The van der Waals surface area contributed by atoms with Gasteiger partial charge in [-0.15, -0.1) is 0 Å². The lowest BCUT2D eigenvalue weighted by atomic mass is 10.0. The van der Waals surface area contributed by atoms with E-state index >= 15 is 0 Å². The molecule has 1 amide bonds. The predicted octanol–water partition coefficient (Wildman–Crippen LogP) is 5.58. The maximum absolute atomic E-state index is 12.5. The van der Waals surface area contributed by atoms with E-state index in [1.807, 2.05) is 52.8 Å². The fourth-order valence-corrected chi connectivity index (χ4v) is 4.30. The predicted molar refractivity (Wildman–Crippen MR) is 108 cm³/mol. The molecule has 1 aliphatic rings. The van der Waals surface area contributed by atoms with Gasteiger partial charge in [0.2, 0.25) is 5.91 Å². The Hall–Kier alpha value is -2.24. The highest BCUT2D eigenvalue weighted by Gasteiger charge is 2.24. The molecule has 0 aliphatic carbocycles. The summed E-state index contributed by atoms with van der Waals surface area (Å²) >= 11 is 5.15. The molecule has 0 fully saturated rings. The zero-order chi connectivity index (χ0) is 17.2. The van der Waals surface area contributed by atoms with Gasteiger partial charge in [0.25, 0.3) is 0 Å². The van der Waals surface area contributed by atoms with Crippen molar-refractivity contribution < 1.29 is 4.79 Å². The molecule has 3 aromatic rings. The number of nitrogens with one attached hydrogen (secondary N) is 1. The Labute approximate surface area is 159 Å². The summed E-state index contributed by atoms with van der Waals surface area (Å²) in [7, 11) is 0. The SMILES string of the molecule is O=C(CN1Sc2ccccc2-c2cc(Br)ccc21)Nc1ccccc1. The maximum atomic E-state index is 12.5. The molecule has 4 rings (SSSR count). The lowest BCUT2D eigenvalue weighted by Gasteiger charge is -2.31. The standard InChI is InChI=1S/C20H15BrN2OS/c21-14-10-11-18-17(12-14)16-8-4-5-9-19(16)25-23(18)13-20(24)22-15-6-2-1-3-7-15/h1-12H,13H2,(H,22,24). The van der Waals surface area contributed by atoms with E-state index in [0.717, 1.165) is 26.3 Å². The van der Waals surface area contributed by atoms with Crippen molar-refractivity contribution in [1.29, 1.82) is 0 Å². The van der Waals surface area contributed by atoms with Crippen LogP contribution < -0.4 is 9.62 Å². The first kappa shape index (κ1) is 16.2. The Kier molecular flexibility index (Phi) is 4.51. The highest BCUT2D eigenvalue weighted by molar-refractivity contribution is 9.10. The number of benzene rings is 3. The second kappa shape index (κ2) is 6.94. The molecule has 1 N–H and O–H groups in total. The summed E-state index contributed by atoms with van der Waals surface area (Å²) < 4.78 is 3.07. The van der Waals surface area contributed by atoms with Gasteiger partial charge in [-0.25, -0.2) is 0 Å². The van der Waals surface area contributed by atoms with E-state index in [9.17, 15) is 4.79 Å². The number of rotatable bonds is 3. The van der Waals surface area contributed by atoms with Gasteiger partial charge in [0.05, 0.1) is 5.69 Å². The maximum Gasteiger partial charge on any atom is 0.244 e. The van der Waals surface area contributed by atoms with Gasteiger partial charge in [0.1, 0.15) is 6.54 Å². The van der Waals surface area contributed by atoms with Crippen LogP contribution in [0.3, 0.4) is 0 Å². The average Bonchev–Trinajstić information content (AvgIpc) is 2.62. The average molecular weight is 411 g/mol. The number of hydrogen-bond donors (Lipinski definition) is 1. The van der Waals surface area contributed by atoms with E-state index in [4.69, 9.17) is 0 Å². The molecule has 0 bridgehead atoms. The molecule has 0 saturated carbocycles. The minimum Gasteiger partial charge on any atom is -0.325 e. The van der Waals surface area contributed by atoms with Gasteiger partial charge in [0, 0.05) is 20.6 Å². The van der Waals surface area contributed by atoms with E-state index < -0.39 is 0 Å². The highest BCUT2D eigenvalue weighted by Crippen LogP contribution is 2.46. The Bertz CT molecular complexity index is 930. The molecule has 1 heterocycles. The third-order valence-corrected chi connectivity index (χ3v) is 5.55. The molecule has 3 aromatic carbocycles. The van der Waals surface area contributed by atoms with E-state index in [1.165, 1.54) is 5.56 Å². The quantitative estimate of drug-likeness (QED) is 0.571. The van der Waals surface area contributed by atoms with Crippen LogP contribution in [0.4, 0.5) is 11.4 Å². The number of fused-ring (bicyclic) bond motifs is 3. The van der Waals surface area contributed by atoms with Crippen LogP contribution in [-0.2, 0) is 4.79 Å². The number of halogens is 1. The van der Waals surface area contributed by atoms with Gasteiger partial charge in [-0.3, -0.25) is 4.79 Å². The van der Waals surface area contributed by atoms with Crippen molar-refractivity contribution in [2.45, 2.75) is 4.90 Å². The molecule has 0 saturated heterocycles. The molecule has 0 spiro atoms. The molecule has 1 aliphatic heterocycles. The number of para-hydroxylation sites is 1. The number of carbonyl (C=O) groups is 1. The number of amides is 1. The fourth-order valence-electron chi connectivity index (χ4n) is 2.85. The Morgan fingerprint density at radius 2 is 1.72 bits per heavy atom. The van der Waals surface area contributed by atoms with E-state index in [1.54, 1.807) is 11.9 Å². The van der Waals surface area contributed by atoms with Crippen molar-refractivity contribution in [2.24, 2.45) is 0 Å². The Balaban J connectivity index is 1.62. The molecule has 0 atom stereocenters. The summed E-state index contributed by atoms with van der Waals surface area (Å²) in [6.07, 6.45) is 0. The first-order valence-electron chi connectivity index (χ1n) is 7.90. The first-order valence-corrected chi connectivity index (χ1v) is 9.47. The monoisotopic (exact) mass is 410 g/mol. The molecular weight excluding hydrogens is 396 g/mol. The van der Waals surface area contributed by atoms with Crippen LogP contribution in [0.15, 0.2) is 82.2 Å². The van der Waals surface area contributed by atoms with E-state index in [-0.39, 0.29) is 12.5 Å². The van der Waals surface area contributed by atoms with Gasteiger partial charge in [0.15, 0.2) is 0 Å². The molecule has 25 heavy (non-hydrogen) atoms. The topological polar surface area (TPSA) is 32.3 Å². The molecule has 0 aromatic heterocycles. The van der Waals surface area contributed by atoms with Crippen molar-refractivity contribution >= 4 is 45.2 Å². The van der Waals surface area contributed by atoms with Crippen molar-refractivity contribution in [3.8, 4) is 11.1 Å². The van der Waals surface area contributed by atoms with Crippen LogP contribution in [0, 0.1) is 0 Å². The molecule has 3 nitrogen and oxygen atoms in total. The van der Waals surface area contributed by atoms with Crippen LogP contribution in [0.25, 0.3) is 11.1 Å². The molecule has 0 unspecified atom stereocenters. The summed E-state index contributed by atoms with van der Waals surface area (Å²) in [5, 5.41) is 2.95. The second-order valence-electron chi connectivity index (χ2n) is 5.70. The third-order valence-electron chi connectivity index (χ3n) is 3.96. The van der Waals surface area contributed by atoms with Crippen molar-refractivity contribution in [3.05, 3.63) is 77.3 Å². The molecule has 0 radical (unpaired) electrons. The highest BCUT2D eigenvalue weighted by atomic mass is 79.9. The first-order chi connectivity index (χ1) is 12.2. The zero-order valence-electron chi connectivity index (χ0n) is 13.3. The van der Waals surface area contributed by atoms with Gasteiger partial charge in [-0.2, -0.15) is 0 Å². The number of nitrogens with zero attached hydrogens (tertiary/aromatic N) is 1. The summed E-state index contributed by atoms with van der Waals surface area (Å²) in [5.74, 6) is -0.0352. The van der Waals surface area contributed by atoms with Crippen LogP contribution >= 0.6 is 27.9 Å². The van der Waals surface area contributed by atoms with Crippen molar-refractivity contribution in [2.75, 3.05) is 16.2 Å². The van der Waals surface area contributed by atoms with Gasteiger partial charge in [-0.05, 0) is 53.9 Å². The van der Waals surface area contributed by atoms with E-state index in [2.05, 4.69) is 45.5 Å². The third kappa shape index (κ3) is 3.43. The van der Waals surface area contributed by atoms with Gasteiger partial charge in [-0.1, -0.05) is 52.3 Å². The number of carbonyl (C=O) groups excluding carboxylic acids is 1. The second-order valence-corrected chi connectivity index (χ2v) is 7.68. The van der Waals surface area contributed by atoms with E-state index in [0.29, 0.717) is 0 Å². The summed E-state index contributed by atoms with van der Waals surface area (Å²) in [6.45, 7) is 0.280. The largest absolute Gasteiger partial charge is 0.325 e. The number of hydrogen-bond acceptors (Lipinski definition) is 3. The number of anilines is 2. The molecular formula is C20H15BrN2OS. The Morgan fingerprint density at radius 3 is 2.56 bits per heavy atom. The zero-order valence-corrected chi connectivity index (χ0v) is 15.7. The summed E-state index contributed by atoms with van der Waals surface area (Å²) in [4.78, 5) is 13.6. The van der Waals surface area contributed by atoms with Gasteiger partial charge < -0.3 is 9.62 Å². The minimum atomic E-state index is -0.0352.